The number of rotatable bonds is 5. The molecule has 0 aliphatic carbocycles. The minimum Gasteiger partial charge on any atom is -0.353 e. The Hall–Kier alpha value is -2.02. The van der Waals surface area contributed by atoms with Crippen LogP contribution in [-0.4, -0.2) is 15.1 Å². The Kier molecular flexibility index (Phi) is 3.83. The van der Waals surface area contributed by atoms with E-state index in [1.807, 2.05) is 13.0 Å². The van der Waals surface area contributed by atoms with Crippen LogP contribution in [0.3, 0.4) is 0 Å². The molecule has 0 radical (unpaired) electrons. The Morgan fingerprint density at radius 3 is 3.00 bits per heavy atom. The molecular formula is C11H12N4O2S. The molecule has 2 rings (SSSR count). The molecule has 0 saturated heterocycles. The van der Waals surface area contributed by atoms with Gasteiger partial charge in [0.2, 0.25) is 5.13 Å². The van der Waals surface area contributed by atoms with E-state index in [0.29, 0.717) is 5.13 Å². The number of nitro groups is 1. The fourth-order valence-electron chi connectivity index (χ4n) is 1.66. The fourth-order valence-corrected chi connectivity index (χ4v) is 2.16. The van der Waals surface area contributed by atoms with Crippen molar-refractivity contribution in [1.29, 1.82) is 0 Å². The van der Waals surface area contributed by atoms with Crippen molar-refractivity contribution in [2.45, 2.75) is 19.4 Å². The average molecular weight is 264 g/mol. The van der Waals surface area contributed by atoms with Crippen molar-refractivity contribution in [3.05, 3.63) is 45.5 Å². The minimum absolute atomic E-state index is 0.00199. The lowest BCUT2D eigenvalue weighted by Crippen LogP contribution is -2.09. The highest BCUT2D eigenvalue weighted by Crippen LogP contribution is 2.25. The van der Waals surface area contributed by atoms with E-state index < -0.39 is 0 Å². The van der Waals surface area contributed by atoms with E-state index in [1.54, 1.807) is 17.6 Å². The summed E-state index contributed by atoms with van der Waals surface area (Å²) >= 11 is 1.40. The largest absolute Gasteiger partial charge is 0.353 e. The molecule has 6 nitrogen and oxygen atoms in total. The van der Waals surface area contributed by atoms with Gasteiger partial charge in [-0.2, -0.15) is 0 Å². The van der Waals surface area contributed by atoms with E-state index in [-0.39, 0.29) is 16.7 Å². The molecule has 0 aliphatic heterocycles. The van der Waals surface area contributed by atoms with Crippen molar-refractivity contribution < 1.29 is 4.92 Å². The molecule has 1 aromatic carbocycles. The number of hydrogen-bond donors (Lipinski definition) is 1. The van der Waals surface area contributed by atoms with Gasteiger partial charge in [-0.3, -0.25) is 10.1 Å². The highest BCUT2D eigenvalue weighted by atomic mass is 32.1. The quantitative estimate of drug-likeness (QED) is 0.663. The third kappa shape index (κ3) is 2.80. The molecule has 0 fully saturated rings. The summed E-state index contributed by atoms with van der Waals surface area (Å²) in [6, 6.07) is 6.63. The second-order valence-corrected chi connectivity index (χ2v) is 4.53. The van der Waals surface area contributed by atoms with E-state index in [9.17, 15) is 10.1 Å². The van der Waals surface area contributed by atoms with Crippen LogP contribution in [0.2, 0.25) is 0 Å². The molecule has 2 aromatic rings. The fraction of sp³-hybridized carbons (Fsp3) is 0.273. The topological polar surface area (TPSA) is 81.0 Å². The number of nitro benzene ring substituents is 1. The van der Waals surface area contributed by atoms with Crippen LogP contribution in [0.4, 0.5) is 10.8 Å². The first-order valence-corrected chi connectivity index (χ1v) is 6.35. The Morgan fingerprint density at radius 1 is 1.56 bits per heavy atom. The lowest BCUT2D eigenvalue weighted by atomic mass is 10.0. The minimum atomic E-state index is -0.388. The van der Waals surface area contributed by atoms with Crippen molar-refractivity contribution in [2.75, 3.05) is 5.32 Å². The van der Waals surface area contributed by atoms with E-state index >= 15 is 0 Å². The van der Waals surface area contributed by atoms with Crippen molar-refractivity contribution >= 4 is 22.2 Å². The molecule has 94 valence electrons. The Labute approximate surface area is 108 Å². The first kappa shape index (κ1) is 12.4. The first-order valence-electron chi connectivity index (χ1n) is 5.47. The second-order valence-electron chi connectivity index (χ2n) is 3.70. The summed E-state index contributed by atoms with van der Waals surface area (Å²) in [5.74, 6) is 0. The highest BCUT2D eigenvalue weighted by molar-refractivity contribution is 7.13. The lowest BCUT2D eigenvalue weighted by Gasteiger charge is -2.15. The number of nitrogens with one attached hydrogen (secondary N) is 1. The maximum atomic E-state index is 10.7. The standard InChI is InChI=1S/C11H12N4O2S/c1-2-10(13-11-14-12-7-18-11)8-4-3-5-9(6-8)15(16)17/h3-7,10H,2H2,1H3,(H,13,14). The number of benzene rings is 1. The second kappa shape index (κ2) is 5.54. The number of nitrogens with zero attached hydrogens (tertiary/aromatic N) is 3. The van der Waals surface area contributed by atoms with Crippen LogP contribution in [0.25, 0.3) is 0 Å². The molecule has 1 heterocycles. The summed E-state index contributed by atoms with van der Waals surface area (Å²) in [5, 5.41) is 22.3. The molecule has 0 saturated carbocycles. The van der Waals surface area contributed by atoms with Crippen LogP contribution < -0.4 is 5.32 Å². The van der Waals surface area contributed by atoms with Gasteiger partial charge in [-0.1, -0.05) is 30.4 Å². The van der Waals surface area contributed by atoms with Gasteiger partial charge in [0.1, 0.15) is 5.51 Å². The monoisotopic (exact) mass is 264 g/mol. The predicted octanol–water partition coefficient (Wildman–Crippen LogP) is 3.01. The molecule has 0 aliphatic rings. The maximum absolute atomic E-state index is 10.7. The molecule has 0 bridgehead atoms. The molecule has 1 unspecified atom stereocenters. The third-order valence-electron chi connectivity index (χ3n) is 2.55. The van der Waals surface area contributed by atoms with Gasteiger partial charge in [-0.25, -0.2) is 0 Å². The average Bonchev–Trinajstić information content (AvgIpc) is 2.89. The van der Waals surface area contributed by atoms with E-state index in [0.717, 1.165) is 12.0 Å². The normalized spacial score (nSPS) is 12.1. The summed E-state index contributed by atoms with van der Waals surface area (Å²) in [7, 11) is 0. The predicted molar refractivity (Wildman–Crippen MR) is 69.7 cm³/mol. The van der Waals surface area contributed by atoms with Crippen molar-refractivity contribution in [1.82, 2.24) is 10.2 Å². The van der Waals surface area contributed by atoms with Gasteiger partial charge in [-0.15, -0.1) is 10.2 Å². The first-order chi connectivity index (χ1) is 8.70. The molecule has 1 aromatic heterocycles. The molecular weight excluding hydrogens is 252 g/mol. The molecule has 0 spiro atoms. The van der Waals surface area contributed by atoms with Crippen molar-refractivity contribution in [3.8, 4) is 0 Å². The number of anilines is 1. The number of non-ortho nitro benzene ring substituents is 1. The van der Waals surface area contributed by atoms with Crippen LogP contribution in [0.5, 0.6) is 0 Å². The number of hydrogen-bond acceptors (Lipinski definition) is 6. The van der Waals surface area contributed by atoms with E-state index in [2.05, 4.69) is 15.5 Å². The highest BCUT2D eigenvalue weighted by Gasteiger charge is 2.14. The summed E-state index contributed by atoms with van der Waals surface area (Å²) in [6.45, 7) is 2.01. The summed E-state index contributed by atoms with van der Waals surface area (Å²) in [6.07, 6.45) is 0.806. The van der Waals surface area contributed by atoms with E-state index in [1.165, 1.54) is 17.4 Å². The van der Waals surface area contributed by atoms with Gasteiger partial charge in [0.15, 0.2) is 0 Å². The molecule has 1 N–H and O–H groups in total. The third-order valence-corrected chi connectivity index (χ3v) is 3.17. The van der Waals surface area contributed by atoms with E-state index in [4.69, 9.17) is 0 Å². The van der Waals surface area contributed by atoms with Crippen LogP contribution in [0.1, 0.15) is 24.9 Å². The van der Waals surface area contributed by atoms with Gasteiger partial charge in [0, 0.05) is 12.1 Å². The zero-order chi connectivity index (χ0) is 13.0. The SMILES string of the molecule is CCC(Nc1nncs1)c1cccc([N+](=O)[O-])c1. The van der Waals surface area contributed by atoms with Gasteiger partial charge in [-0.05, 0) is 12.0 Å². The van der Waals surface area contributed by atoms with Crippen molar-refractivity contribution in [3.63, 3.8) is 0 Å². The van der Waals surface area contributed by atoms with Gasteiger partial charge < -0.3 is 5.32 Å². The zero-order valence-electron chi connectivity index (χ0n) is 9.74. The maximum Gasteiger partial charge on any atom is 0.269 e. The summed E-state index contributed by atoms with van der Waals surface area (Å²) in [4.78, 5) is 10.4. The molecule has 7 heteroatoms. The molecule has 0 amide bonds. The van der Waals surface area contributed by atoms with Gasteiger partial charge in [0.05, 0.1) is 11.0 Å². The number of aromatic nitrogens is 2. The zero-order valence-corrected chi connectivity index (χ0v) is 10.6. The van der Waals surface area contributed by atoms with Crippen LogP contribution in [0, 0.1) is 10.1 Å². The lowest BCUT2D eigenvalue weighted by molar-refractivity contribution is -0.384. The van der Waals surface area contributed by atoms with Crippen molar-refractivity contribution in [2.24, 2.45) is 0 Å². The van der Waals surface area contributed by atoms with Crippen LogP contribution in [-0.2, 0) is 0 Å². The Bertz CT molecular complexity index is 530. The van der Waals surface area contributed by atoms with Gasteiger partial charge >= 0.3 is 0 Å². The van der Waals surface area contributed by atoms with Crippen LogP contribution in [0.15, 0.2) is 29.8 Å². The summed E-state index contributed by atoms with van der Waals surface area (Å²) in [5.41, 5.74) is 2.62. The molecule has 1 atom stereocenters. The van der Waals surface area contributed by atoms with Gasteiger partial charge in [0.25, 0.3) is 5.69 Å². The summed E-state index contributed by atoms with van der Waals surface area (Å²) < 4.78 is 0. The van der Waals surface area contributed by atoms with Crippen LogP contribution >= 0.6 is 11.3 Å². The molecule has 18 heavy (non-hydrogen) atoms. The smallest absolute Gasteiger partial charge is 0.269 e. The Balaban J connectivity index is 2.21. The Morgan fingerprint density at radius 2 is 2.39 bits per heavy atom.